The molecule has 2 aliphatic carbocycles. The van der Waals surface area contributed by atoms with Gasteiger partial charge in [-0.3, -0.25) is 0 Å². The van der Waals surface area contributed by atoms with Gasteiger partial charge in [-0.05, 0) is 58.9 Å². The Kier molecular flexibility index (Phi) is 4.14. The lowest BCUT2D eigenvalue weighted by atomic mass is 9.67. The lowest BCUT2D eigenvalue weighted by Gasteiger charge is -2.42. The highest BCUT2D eigenvalue weighted by Crippen LogP contribution is 2.63. The number of carboxylic acid groups (broad SMARTS) is 1. The number of carbonyl (C=O) groups is 2. The van der Waals surface area contributed by atoms with E-state index in [4.69, 9.17) is 0 Å². The summed E-state index contributed by atoms with van der Waals surface area (Å²) in [7, 11) is 0. The second-order valence-electron chi connectivity index (χ2n) is 9.34. The summed E-state index contributed by atoms with van der Waals surface area (Å²) in [5.41, 5.74) is 4.10. The first kappa shape index (κ1) is 18.7. The Morgan fingerprint density at radius 3 is 2.39 bits per heavy atom. The SMILES string of the molecule is CC(C)(C)c1cccc(-c2ccc3c(c2)CCC2(CC2)[C@]3(C=O)NC(=O)O)c1. The van der Waals surface area contributed by atoms with Gasteiger partial charge in [0.25, 0.3) is 0 Å². The Morgan fingerprint density at radius 1 is 1.07 bits per heavy atom. The van der Waals surface area contributed by atoms with Crippen LogP contribution in [0.5, 0.6) is 0 Å². The standard InChI is InChI=1S/C24H27NO3/c1-22(2,3)19-6-4-5-16(14-19)17-7-8-20-18(13-17)9-10-23(11-12-23)24(20,15-26)25-21(27)28/h4-8,13-15,25H,9-12H2,1-3H3,(H,27,28)/t24-/m1/s1. The predicted octanol–water partition coefficient (Wildman–Crippen LogP) is 5.04. The molecule has 0 heterocycles. The zero-order valence-corrected chi connectivity index (χ0v) is 16.7. The van der Waals surface area contributed by atoms with Gasteiger partial charge in [-0.1, -0.05) is 63.2 Å². The molecule has 4 nitrogen and oxygen atoms in total. The molecule has 0 bridgehead atoms. The Morgan fingerprint density at radius 2 is 1.79 bits per heavy atom. The minimum Gasteiger partial charge on any atom is -0.465 e. The molecular weight excluding hydrogens is 350 g/mol. The number of carbonyl (C=O) groups excluding carboxylic acids is 1. The smallest absolute Gasteiger partial charge is 0.405 e. The van der Waals surface area contributed by atoms with Gasteiger partial charge in [0.1, 0.15) is 5.54 Å². The van der Waals surface area contributed by atoms with Crippen molar-refractivity contribution >= 4 is 12.4 Å². The lowest BCUT2D eigenvalue weighted by Crippen LogP contribution is -2.55. The second kappa shape index (κ2) is 6.20. The highest BCUT2D eigenvalue weighted by molar-refractivity contribution is 5.81. The number of nitrogens with one attached hydrogen (secondary N) is 1. The molecule has 4 heteroatoms. The van der Waals surface area contributed by atoms with Crippen molar-refractivity contribution in [2.45, 2.75) is 57.4 Å². The summed E-state index contributed by atoms with van der Waals surface area (Å²) in [5, 5.41) is 12.0. The van der Waals surface area contributed by atoms with E-state index in [1.165, 1.54) is 5.56 Å². The van der Waals surface area contributed by atoms with Crippen LogP contribution in [0.25, 0.3) is 11.1 Å². The van der Waals surface area contributed by atoms with Crippen LogP contribution in [-0.2, 0) is 22.2 Å². The van der Waals surface area contributed by atoms with E-state index in [0.717, 1.165) is 54.2 Å². The van der Waals surface area contributed by atoms with Crippen molar-refractivity contribution in [2.75, 3.05) is 0 Å². The summed E-state index contributed by atoms with van der Waals surface area (Å²) in [4.78, 5) is 23.7. The first-order chi connectivity index (χ1) is 13.2. The number of hydrogen-bond acceptors (Lipinski definition) is 2. The van der Waals surface area contributed by atoms with Gasteiger partial charge in [-0.15, -0.1) is 0 Å². The van der Waals surface area contributed by atoms with E-state index in [-0.39, 0.29) is 10.8 Å². The molecule has 0 saturated heterocycles. The molecule has 0 aliphatic heterocycles. The van der Waals surface area contributed by atoms with Crippen LogP contribution in [0.2, 0.25) is 0 Å². The zero-order chi connectivity index (χ0) is 20.2. The van der Waals surface area contributed by atoms with Crippen molar-refractivity contribution < 1.29 is 14.7 Å². The first-order valence-electron chi connectivity index (χ1n) is 9.93. The van der Waals surface area contributed by atoms with E-state index in [9.17, 15) is 14.7 Å². The van der Waals surface area contributed by atoms with Crippen LogP contribution in [-0.4, -0.2) is 17.5 Å². The first-order valence-corrected chi connectivity index (χ1v) is 9.93. The van der Waals surface area contributed by atoms with Gasteiger partial charge in [-0.25, -0.2) is 4.79 Å². The number of rotatable bonds is 3. The van der Waals surface area contributed by atoms with Gasteiger partial charge in [0.2, 0.25) is 0 Å². The fourth-order valence-corrected chi connectivity index (χ4v) is 4.77. The topological polar surface area (TPSA) is 66.4 Å². The maximum atomic E-state index is 12.2. The van der Waals surface area contributed by atoms with Crippen LogP contribution in [0, 0.1) is 5.41 Å². The lowest BCUT2D eigenvalue weighted by molar-refractivity contribution is -0.116. The van der Waals surface area contributed by atoms with Crippen LogP contribution in [0.1, 0.15) is 56.7 Å². The fourth-order valence-electron chi connectivity index (χ4n) is 4.77. The summed E-state index contributed by atoms with van der Waals surface area (Å²) in [6.07, 6.45) is 3.17. The molecule has 1 atom stereocenters. The molecule has 2 aromatic carbocycles. The van der Waals surface area contributed by atoms with E-state index in [2.05, 4.69) is 56.4 Å². The molecule has 1 saturated carbocycles. The molecule has 0 unspecified atom stereocenters. The molecular formula is C24H27NO3. The molecule has 146 valence electrons. The van der Waals surface area contributed by atoms with Gasteiger partial charge in [0, 0.05) is 5.41 Å². The van der Waals surface area contributed by atoms with Gasteiger partial charge < -0.3 is 15.2 Å². The number of hydrogen-bond donors (Lipinski definition) is 2. The zero-order valence-electron chi connectivity index (χ0n) is 16.7. The molecule has 1 fully saturated rings. The van der Waals surface area contributed by atoms with E-state index >= 15 is 0 Å². The van der Waals surface area contributed by atoms with Gasteiger partial charge >= 0.3 is 6.09 Å². The van der Waals surface area contributed by atoms with Crippen molar-refractivity contribution in [1.82, 2.24) is 5.32 Å². The molecule has 4 rings (SSSR count). The Hall–Kier alpha value is -2.62. The van der Waals surface area contributed by atoms with Crippen LogP contribution >= 0.6 is 0 Å². The average Bonchev–Trinajstić information content (AvgIpc) is 3.44. The van der Waals surface area contributed by atoms with Crippen molar-refractivity contribution in [3.05, 3.63) is 59.2 Å². The number of benzene rings is 2. The average molecular weight is 377 g/mol. The fraction of sp³-hybridized carbons (Fsp3) is 0.417. The normalized spacial score (nSPS) is 22.4. The van der Waals surface area contributed by atoms with Crippen LogP contribution in [0.15, 0.2) is 42.5 Å². The quantitative estimate of drug-likeness (QED) is 0.737. The Balaban J connectivity index is 1.80. The second-order valence-corrected chi connectivity index (χ2v) is 9.34. The van der Waals surface area contributed by atoms with E-state index in [0.29, 0.717) is 0 Å². The molecule has 2 N–H and O–H groups in total. The summed E-state index contributed by atoms with van der Waals surface area (Å²) in [6, 6.07) is 14.7. The van der Waals surface area contributed by atoms with Crippen LogP contribution < -0.4 is 5.32 Å². The van der Waals surface area contributed by atoms with Crippen LogP contribution in [0.3, 0.4) is 0 Å². The summed E-state index contributed by atoms with van der Waals surface area (Å²) >= 11 is 0. The monoisotopic (exact) mass is 377 g/mol. The summed E-state index contributed by atoms with van der Waals surface area (Å²) in [6.45, 7) is 6.60. The van der Waals surface area contributed by atoms with Crippen LogP contribution in [0.4, 0.5) is 4.79 Å². The number of aldehydes is 1. The van der Waals surface area contributed by atoms with Crippen molar-refractivity contribution in [1.29, 1.82) is 0 Å². The van der Waals surface area contributed by atoms with Crippen molar-refractivity contribution in [3.63, 3.8) is 0 Å². The number of amides is 1. The van der Waals surface area contributed by atoms with E-state index in [1.807, 2.05) is 12.1 Å². The molecule has 0 aromatic heterocycles. The molecule has 2 aromatic rings. The predicted molar refractivity (Wildman–Crippen MR) is 109 cm³/mol. The van der Waals surface area contributed by atoms with Crippen molar-refractivity contribution in [3.8, 4) is 11.1 Å². The van der Waals surface area contributed by atoms with Gasteiger partial charge in [0.05, 0.1) is 0 Å². The number of aryl methyl sites for hydroxylation is 1. The maximum absolute atomic E-state index is 12.2. The Labute approximate surface area is 166 Å². The van der Waals surface area contributed by atoms with E-state index < -0.39 is 11.6 Å². The maximum Gasteiger partial charge on any atom is 0.405 e. The minimum absolute atomic E-state index is 0.0701. The minimum atomic E-state index is -1.15. The number of fused-ring (bicyclic) bond motifs is 1. The van der Waals surface area contributed by atoms with E-state index in [1.54, 1.807) is 0 Å². The molecule has 28 heavy (non-hydrogen) atoms. The molecule has 2 aliphatic rings. The largest absolute Gasteiger partial charge is 0.465 e. The molecule has 1 spiro atoms. The third-order valence-corrected chi connectivity index (χ3v) is 6.64. The van der Waals surface area contributed by atoms with Gasteiger partial charge in [-0.2, -0.15) is 0 Å². The summed E-state index contributed by atoms with van der Waals surface area (Å²) in [5.74, 6) is 0. The third kappa shape index (κ3) is 2.83. The Bertz CT molecular complexity index is 953. The highest BCUT2D eigenvalue weighted by atomic mass is 16.4. The highest BCUT2D eigenvalue weighted by Gasteiger charge is 2.63. The molecule has 0 radical (unpaired) electrons. The summed E-state index contributed by atoms with van der Waals surface area (Å²) < 4.78 is 0. The molecule has 1 amide bonds. The third-order valence-electron chi connectivity index (χ3n) is 6.64. The van der Waals surface area contributed by atoms with Gasteiger partial charge in [0.15, 0.2) is 6.29 Å². The van der Waals surface area contributed by atoms with Crippen molar-refractivity contribution in [2.24, 2.45) is 5.41 Å².